The van der Waals surface area contributed by atoms with Crippen LogP contribution in [0, 0.1) is 12.8 Å². The van der Waals surface area contributed by atoms with Gasteiger partial charge in [0.1, 0.15) is 11.4 Å². The van der Waals surface area contributed by atoms with Crippen molar-refractivity contribution >= 4 is 5.97 Å². The van der Waals surface area contributed by atoms with Gasteiger partial charge in [0.25, 0.3) is 0 Å². The molecule has 6 heteroatoms. The average molecular weight is 255 g/mol. The third-order valence-corrected chi connectivity index (χ3v) is 3.06. The molecule has 1 aromatic rings. The molecule has 6 nitrogen and oxygen atoms in total. The first-order valence-electron chi connectivity index (χ1n) is 6.25. The number of nitrogens with one attached hydrogen (secondary N) is 1. The average Bonchev–Trinajstić information content (AvgIpc) is 2.72. The summed E-state index contributed by atoms with van der Waals surface area (Å²) in [6.07, 6.45) is 2.56. The van der Waals surface area contributed by atoms with Crippen LogP contribution in [0.2, 0.25) is 0 Å². The van der Waals surface area contributed by atoms with Gasteiger partial charge in [-0.15, -0.1) is 0 Å². The molecule has 18 heavy (non-hydrogen) atoms. The molecule has 0 fully saturated rings. The Labute approximate surface area is 107 Å². The summed E-state index contributed by atoms with van der Waals surface area (Å²) in [4.78, 5) is 10.7. The van der Waals surface area contributed by atoms with E-state index in [4.69, 9.17) is 5.11 Å². The van der Waals surface area contributed by atoms with Crippen LogP contribution in [0.3, 0.4) is 0 Å². The standard InChI is InChI=1S/C12H21N3O3/c1-8(12(16)17)5-4-6-9(2)13-7-11-10(3)14-18-15-11/h8-9,13H,4-7H2,1-3H3,(H,16,17). The summed E-state index contributed by atoms with van der Waals surface area (Å²) in [5.41, 5.74) is 1.62. The maximum Gasteiger partial charge on any atom is 0.306 e. The number of aryl methyl sites for hydroxylation is 1. The lowest BCUT2D eigenvalue weighted by molar-refractivity contribution is -0.141. The molecule has 2 N–H and O–H groups in total. The van der Waals surface area contributed by atoms with E-state index in [-0.39, 0.29) is 5.92 Å². The number of aromatic nitrogens is 2. The Morgan fingerprint density at radius 2 is 2.11 bits per heavy atom. The Kier molecular flexibility index (Phi) is 5.77. The zero-order valence-corrected chi connectivity index (χ0v) is 11.1. The highest BCUT2D eigenvalue weighted by atomic mass is 16.6. The Balaban J connectivity index is 2.16. The number of hydrogen-bond acceptors (Lipinski definition) is 5. The molecule has 0 aliphatic rings. The molecular weight excluding hydrogens is 234 g/mol. The van der Waals surface area contributed by atoms with Crippen LogP contribution < -0.4 is 5.32 Å². The second kappa shape index (κ2) is 7.10. The van der Waals surface area contributed by atoms with Gasteiger partial charge in [0.15, 0.2) is 0 Å². The second-order valence-corrected chi connectivity index (χ2v) is 4.75. The zero-order valence-electron chi connectivity index (χ0n) is 11.1. The fourth-order valence-corrected chi connectivity index (χ4v) is 1.64. The van der Waals surface area contributed by atoms with E-state index >= 15 is 0 Å². The van der Waals surface area contributed by atoms with Crippen LogP contribution in [0.1, 0.15) is 44.5 Å². The molecule has 0 amide bonds. The van der Waals surface area contributed by atoms with E-state index < -0.39 is 5.97 Å². The number of nitrogens with zero attached hydrogens (tertiary/aromatic N) is 2. The van der Waals surface area contributed by atoms with E-state index in [1.165, 1.54) is 0 Å². The summed E-state index contributed by atoms with van der Waals surface area (Å²) in [6.45, 7) is 6.30. The van der Waals surface area contributed by atoms with Crippen molar-refractivity contribution in [3.8, 4) is 0 Å². The highest BCUT2D eigenvalue weighted by molar-refractivity contribution is 5.69. The molecule has 0 aliphatic heterocycles. The normalized spacial score (nSPS) is 14.4. The predicted octanol–water partition coefficient (Wildman–Crippen LogP) is 1.75. The molecule has 1 aromatic heterocycles. The van der Waals surface area contributed by atoms with Gasteiger partial charge in [-0.2, -0.15) is 0 Å². The van der Waals surface area contributed by atoms with Crippen molar-refractivity contribution in [2.45, 2.75) is 52.6 Å². The van der Waals surface area contributed by atoms with E-state index in [9.17, 15) is 4.79 Å². The van der Waals surface area contributed by atoms with Crippen LogP contribution in [-0.4, -0.2) is 27.4 Å². The molecule has 0 radical (unpaired) electrons. The van der Waals surface area contributed by atoms with Gasteiger partial charge in [0.05, 0.1) is 5.92 Å². The van der Waals surface area contributed by atoms with Crippen LogP contribution in [0.5, 0.6) is 0 Å². The van der Waals surface area contributed by atoms with Crippen LogP contribution in [0.25, 0.3) is 0 Å². The number of carbonyl (C=O) groups is 1. The largest absolute Gasteiger partial charge is 0.481 e. The van der Waals surface area contributed by atoms with E-state index in [2.05, 4.69) is 27.2 Å². The van der Waals surface area contributed by atoms with Gasteiger partial charge in [-0.25, -0.2) is 4.63 Å². The number of carboxylic acids is 1. The molecule has 0 spiro atoms. The van der Waals surface area contributed by atoms with Crippen LogP contribution >= 0.6 is 0 Å². The van der Waals surface area contributed by atoms with Crippen LogP contribution in [0.4, 0.5) is 0 Å². The first-order chi connectivity index (χ1) is 8.50. The second-order valence-electron chi connectivity index (χ2n) is 4.75. The van der Waals surface area contributed by atoms with E-state index in [1.54, 1.807) is 6.92 Å². The quantitative estimate of drug-likeness (QED) is 0.735. The number of hydrogen-bond donors (Lipinski definition) is 2. The molecule has 0 saturated carbocycles. The third-order valence-electron chi connectivity index (χ3n) is 3.06. The highest BCUT2D eigenvalue weighted by Crippen LogP contribution is 2.10. The summed E-state index contributed by atoms with van der Waals surface area (Å²) in [7, 11) is 0. The van der Waals surface area contributed by atoms with Crippen molar-refractivity contribution < 1.29 is 14.5 Å². The molecule has 0 saturated heterocycles. The van der Waals surface area contributed by atoms with Crippen molar-refractivity contribution in [3.63, 3.8) is 0 Å². The molecule has 1 rings (SSSR count). The summed E-state index contributed by atoms with van der Waals surface area (Å²) in [5, 5.41) is 19.6. The minimum atomic E-state index is -0.722. The van der Waals surface area contributed by atoms with Crippen LogP contribution in [-0.2, 0) is 11.3 Å². The fraction of sp³-hybridized carbons (Fsp3) is 0.750. The summed E-state index contributed by atoms with van der Waals surface area (Å²) in [6, 6.07) is 0.321. The maximum absolute atomic E-state index is 10.7. The van der Waals surface area contributed by atoms with Crippen molar-refractivity contribution in [2.24, 2.45) is 5.92 Å². The smallest absolute Gasteiger partial charge is 0.306 e. The SMILES string of the molecule is Cc1nonc1CNC(C)CCCC(C)C(=O)O. The van der Waals surface area contributed by atoms with E-state index in [1.807, 2.05) is 6.92 Å². The first kappa shape index (κ1) is 14.6. The fourth-order valence-electron chi connectivity index (χ4n) is 1.64. The third kappa shape index (κ3) is 4.83. The minimum Gasteiger partial charge on any atom is -0.481 e. The zero-order chi connectivity index (χ0) is 13.5. The topological polar surface area (TPSA) is 88.3 Å². The van der Waals surface area contributed by atoms with Gasteiger partial charge < -0.3 is 10.4 Å². The van der Waals surface area contributed by atoms with Crippen molar-refractivity contribution in [2.75, 3.05) is 0 Å². The van der Waals surface area contributed by atoms with Crippen molar-refractivity contribution in [3.05, 3.63) is 11.4 Å². The van der Waals surface area contributed by atoms with Gasteiger partial charge in [-0.05, 0) is 26.7 Å². The van der Waals surface area contributed by atoms with Gasteiger partial charge >= 0.3 is 5.97 Å². The summed E-state index contributed by atoms with van der Waals surface area (Å²) in [5.74, 6) is -0.987. The Morgan fingerprint density at radius 1 is 1.39 bits per heavy atom. The monoisotopic (exact) mass is 255 g/mol. The Morgan fingerprint density at radius 3 is 2.67 bits per heavy atom. The van der Waals surface area contributed by atoms with Gasteiger partial charge in [-0.3, -0.25) is 4.79 Å². The van der Waals surface area contributed by atoms with Gasteiger partial charge in [-0.1, -0.05) is 23.7 Å². The highest BCUT2D eigenvalue weighted by Gasteiger charge is 2.12. The minimum absolute atomic E-state index is 0.265. The van der Waals surface area contributed by atoms with Gasteiger partial charge in [0, 0.05) is 12.6 Å². The van der Waals surface area contributed by atoms with Gasteiger partial charge in [0.2, 0.25) is 0 Å². The molecule has 0 bridgehead atoms. The number of carboxylic acid groups (broad SMARTS) is 1. The first-order valence-corrected chi connectivity index (χ1v) is 6.25. The van der Waals surface area contributed by atoms with Crippen LogP contribution in [0.15, 0.2) is 4.63 Å². The summed E-state index contributed by atoms with van der Waals surface area (Å²) < 4.78 is 4.61. The molecule has 0 aromatic carbocycles. The molecule has 2 atom stereocenters. The van der Waals surface area contributed by atoms with Crippen molar-refractivity contribution in [1.29, 1.82) is 0 Å². The maximum atomic E-state index is 10.7. The predicted molar refractivity (Wildman–Crippen MR) is 66.0 cm³/mol. The summed E-state index contributed by atoms with van der Waals surface area (Å²) >= 11 is 0. The lowest BCUT2D eigenvalue weighted by atomic mass is 10.0. The number of aliphatic carboxylic acids is 1. The molecule has 1 heterocycles. The lowest BCUT2D eigenvalue weighted by Gasteiger charge is -2.13. The Hall–Kier alpha value is -1.43. The number of rotatable bonds is 8. The van der Waals surface area contributed by atoms with Crippen molar-refractivity contribution in [1.82, 2.24) is 15.6 Å². The van der Waals surface area contributed by atoms with E-state index in [0.717, 1.165) is 24.2 Å². The molecule has 0 aliphatic carbocycles. The lowest BCUT2D eigenvalue weighted by Crippen LogP contribution is -2.26. The Bertz CT molecular complexity index is 378. The molecule has 2 unspecified atom stereocenters. The molecule has 102 valence electrons. The van der Waals surface area contributed by atoms with E-state index in [0.29, 0.717) is 19.0 Å². The molecular formula is C12H21N3O3.